The normalized spacial score (nSPS) is 12.1. The maximum atomic E-state index is 14.1. The van der Waals surface area contributed by atoms with E-state index < -0.39 is 16.1 Å². The lowest BCUT2D eigenvalue weighted by molar-refractivity contribution is 0.0939. The van der Waals surface area contributed by atoms with Crippen molar-refractivity contribution < 1.29 is 13.2 Å². The number of benzene rings is 2. The van der Waals surface area contributed by atoms with Gasteiger partial charge in [0.1, 0.15) is 0 Å². The van der Waals surface area contributed by atoms with Gasteiger partial charge in [-0.3, -0.25) is 24.1 Å². The first-order valence-electron chi connectivity index (χ1n) is 12.8. The van der Waals surface area contributed by atoms with E-state index in [-0.39, 0.29) is 18.0 Å². The number of carbonyl (C=O) groups excluding carboxylic acids is 1. The summed E-state index contributed by atoms with van der Waals surface area (Å²) < 4.78 is 26.7. The molecule has 1 amide bonds. The molecule has 3 heterocycles. The number of aryl methyl sites for hydroxylation is 1. The number of fused-ring (bicyclic) bond motifs is 2. The van der Waals surface area contributed by atoms with Crippen molar-refractivity contribution in [3.05, 3.63) is 112 Å². The summed E-state index contributed by atoms with van der Waals surface area (Å²) in [6.07, 6.45) is 4.38. The van der Waals surface area contributed by atoms with Crippen LogP contribution in [-0.4, -0.2) is 41.7 Å². The fourth-order valence-electron chi connectivity index (χ4n) is 4.70. The van der Waals surface area contributed by atoms with Gasteiger partial charge in [-0.1, -0.05) is 42.2 Å². The molecule has 5 aromatic rings. The third kappa shape index (κ3) is 5.87. The molecule has 0 saturated carbocycles. The zero-order valence-electron chi connectivity index (χ0n) is 22.7. The lowest BCUT2D eigenvalue weighted by atomic mass is 10.0. The van der Waals surface area contributed by atoms with E-state index >= 15 is 0 Å². The van der Waals surface area contributed by atoms with E-state index in [1.165, 1.54) is 0 Å². The lowest BCUT2D eigenvalue weighted by Crippen LogP contribution is -2.32. The summed E-state index contributed by atoms with van der Waals surface area (Å²) in [5.41, 5.74) is 2.84. The van der Waals surface area contributed by atoms with Crippen molar-refractivity contribution in [1.29, 1.82) is 0 Å². The third-order valence-electron chi connectivity index (χ3n) is 6.59. The molecule has 10 heteroatoms. The van der Waals surface area contributed by atoms with Crippen LogP contribution in [0.1, 0.15) is 40.3 Å². The molecule has 9 nitrogen and oxygen atoms in total. The van der Waals surface area contributed by atoms with Crippen LogP contribution in [0.2, 0.25) is 0 Å². The van der Waals surface area contributed by atoms with E-state index in [2.05, 4.69) is 31.8 Å². The molecule has 3 aromatic heterocycles. The van der Waals surface area contributed by atoms with Crippen LogP contribution >= 0.6 is 0 Å². The number of nitrogens with one attached hydrogen (secondary N) is 2. The number of carbonyl (C=O) groups is 1. The van der Waals surface area contributed by atoms with Crippen molar-refractivity contribution in [3.63, 3.8) is 0 Å². The minimum atomic E-state index is -3.39. The smallest absolute Gasteiger partial charge is 0.264 e. The highest BCUT2D eigenvalue weighted by Gasteiger charge is 2.22. The summed E-state index contributed by atoms with van der Waals surface area (Å²) >= 11 is 0. The quantitative estimate of drug-likeness (QED) is 0.303. The number of amides is 1. The second-order valence-electron chi connectivity index (χ2n) is 9.57. The average Bonchev–Trinajstić information content (AvgIpc) is 2.95. The van der Waals surface area contributed by atoms with E-state index in [1.807, 2.05) is 55.5 Å². The number of nitrogens with zero attached hydrogens (tertiary/aromatic N) is 3. The Bertz CT molecular complexity index is 2030. The van der Waals surface area contributed by atoms with Crippen molar-refractivity contribution in [2.24, 2.45) is 0 Å². The number of aromatic nitrogens is 3. The lowest BCUT2D eigenvalue weighted by Gasteiger charge is -2.22. The first-order valence-corrected chi connectivity index (χ1v) is 14.7. The van der Waals surface area contributed by atoms with Gasteiger partial charge < -0.3 is 5.32 Å². The van der Waals surface area contributed by atoms with E-state index in [1.54, 1.807) is 42.1 Å². The standard InChI is InChI=1S/C31H27N5O4S/c1-20(35-30(37)27-21(2)33-19-24-13-8-16-32-29(24)27)26-18-23-11-7-10-22(12-9-17-34-41(3,39)40)28(23)31(38)36(26)25-14-5-4-6-15-25/h4-8,10-11,13-16,18-20,34H,17H2,1-3H3,(H,35,37)/t20-/m0/s1. The Kier molecular flexibility index (Phi) is 7.66. The highest BCUT2D eigenvalue weighted by molar-refractivity contribution is 7.88. The molecule has 0 spiro atoms. The van der Waals surface area contributed by atoms with Crippen molar-refractivity contribution in [2.75, 3.05) is 12.8 Å². The molecule has 0 saturated heterocycles. The second-order valence-corrected chi connectivity index (χ2v) is 11.4. The van der Waals surface area contributed by atoms with Crippen molar-refractivity contribution in [1.82, 2.24) is 24.6 Å². The van der Waals surface area contributed by atoms with Gasteiger partial charge in [0.05, 0.1) is 41.0 Å². The van der Waals surface area contributed by atoms with Gasteiger partial charge in [0, 0.05) is 34.7 Å². The zero-order valence-corrected chi connectivity index (χ0v) is 23.5. The first-order chi connectivity index (χ1) is 19.6. The fourth-order valence-corrected chi connectivity index (χ4v) is 5.04. The molecule has 0 unspecified atom stereocenters. The predicted octanol–water partition coefficient (Wildman–Crippen LogP) is 3.63. The molecule has 41 heavy (non-hydrogen) atoms. The topological polar surface area (TPSA) is 123 Å². The highest BCUT2D eigenvalue weighted by atomic mass is 32.2. The van der Waals surface area contributed by atoms with Gasteiger partial charge in [-0.05, 0) is 55.6 Å². The molecule has 0 aliphatic rings. The molecule has 0 bridgehead atoms. The van der Waals surface area contributed by atoms with Crippen molar-refractivity contribution in [3.8, 4) is 17.5 Å². The Balaban J connectivity index is 1.61. The minimum absolute atomic E-state index is 0.0828. The van der Waals surface area contributed by atoms with Gasteiger partial charge in [0.25, 0.3) is 11.5 Å². The summed E-state index contributed by atoms with van der Waals surface area (Å²) in [7, 11) is -3.39. The Labute approximate surface area is 237 Å². The number of hydrogen-bond acceptors (Lipinski definition) is 6. The summed E-state index contributed by atoms with van der Waals surface area (Å²) in [5.74, 6) is 5.36. The van der Waals surface area contributed by atoms with E-state index in [4.69, 9.17) is 0 Å². The summed E-state index contributed by atoms with van der Waals surface area (Å²) in [6, 6.07) is 19.4. The summed E-state index contributed by atoms with van der Waals surface area (Å²) in [6.45, 7) is 3.50. The number of pyridine rings is 3. The van der Waals surface area contributed by atoms with E-state index in [0.29, 0.717) is 44.5 Å². The molecule has 0 radical (unpaired) electrons. The molecule has 2 aromatic carbocycles. The van der Waals surface area contributed by atoms with Gasteiger partial charge in [0.2, 0.25) is 10.0 Å². The number of para-hydroxylation sites is 1. The maximum Gasteiger partial charge on any atom is 0.264 e. The van der Waals surface area contributed by atoms with Crippen LogP contribution in [0.15, 0.2) is 83.9 Å². The first kappa shape index (κ1) is 27.7. The molecule has 0 aliphatic heterocycles. The van der Waals surface area contributed by atoms with Crippen molar-refractivity contribution >= 4 is 37.6 Å². The van der Waals surface area contributed by atoms with Crippen LogP contribution in [0, 0.1) is 18.8 Å². The summed E-state index contributed by atoms with van der Waals surface area (Å²) in [5, 5.41) is 4.84. The molecule has 1 atom stereocenters. The molecule has 0 aliphatic carbocycles. The van der Waals surface area contributed by atoms with Crippen LogP contribution in [-0.2, 0) is 10.0 Å². The number of rotatable bonds is 6. The van der Waals surface area contributed by atoms with Crippen LogP contribution < -0.4 is 15.6 Å². The molecule has 2 N–H and O–H groups in total. The predicted molar refractivity (Wildman–Crippen MR) is 159 cm³/mol. The molecule has 206 valence electrons. The summed E-state index contributed by atoms with van der Waals surface area (Å²) in [4.78, 5) is 36.5. The molecular weight excluding hydrogens is 538 g/mol. The van der Waals surface area contributed by atoms with Gasteiger partial charge in [-0.2, -0.15) is 0 Å². The van der Waals surface area contributed by atoms with Crippen LogP contribution in [0.3, 0.4) is 0 Å². The average molecular weight is 566 g/mol. The second kappa shape index (κ2) is 11.3. The molecule has 0 fully saturated rings. The highest BCUT2D eigenvalue weighted by Crippen LogP contribution is 2.24. The maximum absolute atomic E-state index is 14.1. The Hall–Kier alpha value is -4.85. The Morgan fingerprint density at radius 2 is 1.78 bits per heavy atom. The Morgan fingerprint density at radius 1 is 1.02 bits per heavy atom. The van der Waals surface area contributed by atoms with Crippen LogP contribution in [0.4, 0.5) is 0 Å². The van der Waals surface area contributed by atoms with Gasteiger partial charge in [0.15, 0.2) is 0 Å². The SMILES string of the molecule is Cc1ncc2cccnc2c1C(=O)N[C@@H](C)c1cc2cccc(C#CCNS(C)(=O)=O)c2c(=O)n1-c1ccccc1. The monoisotopic (exact) mass is 565 g/mol. The van der Waals surface area contributed by atoms with Crippen LogP contribution in [0.25, 0.3) is 27.4 Å². The fraction of sp³-hybridized carbons (Fsp3) is 0.161. The van der Waals surface area contributed by atoms with Crippen LogP contribution in [0.5, 0.6) is 0 Å². The zero-order chi connectivity index (χ0) is 29.1. The van der Waals surface area contributed by atoms with Gasteiger partial charge in [-0.25, -0.2) is 13.1 Å². The largest absolute Gasteiger partial charge is 0.344 e. The van der Waals surface area contributed by atoms with E-state index in [0.717, 1.165) is 11.6 Å². The van der Waals surface area contributed by atoms with Gasteiger partial charge >= 0.3 is 0 Å². The number of hydrogen-bond donors (Lipinski definition) is 2. The van der Waals surface area contributed by atoms with Gasteiger partial charge in [-0.15, -0.1) is 0 Å². The van der Waals surface area contributed by atoms with Crippen molar-refractivity contribution in [2.45, 2.75) is 19.9 Å². The third-order valence-corrected chi connectivity index (χ3v) is 7.26. The molecular formula is C31H27N5O4S. The number of sulfonamides is 1. The Morgan fingerprint density at radius 3 is 2.54 bits per heavy atom. The van der Waals surface area contributed by atoms with E-state index in [9.17, 15) is 18.0 Å². The minimum Gasteiger partial charge on any atom is -0.344 e. The molecule has 5 rings (SSSR count).